The van der Waals surface area contributed by atoms with Crippen LogP contribution in [0.2, 0.25) is 0 Å². The molecule has 0 aliphatic heterocycles. The fourth-order valence-corrected chi connectivity index (χ4v) is 3.12. The number of carbonyl (C=O) groups excluding carboxylic acids is 1. The Balaban J connectivity index is 1.66. The third-order valence-electron chi connectivity index (χ3n) is 4.36. The summed E-state index contributed by atoms with van der Waals surface area (Å²) in [5.41, 5.74) is 0. The number of aliphatic hydroxyl groups is 1. The molecule has 2 rings (SSSR count). The van der Waals surface area contributed by atoms with Gasteiger partial charge in [0.25, 0.3) is 0 Å². The van der Waals surface area contributed by atoms with Gasteiger partial charge in [-0.15, -0.1) is 0 Å². The minimum Gasteiger partial charge on any atom is -0.393 e. The maximum Gasteiger partial charge on any atom is 0.223 e. The Morgan fingerprint density at radius 3 is 2.29 bits per heavy atom. The zero-order chi connectivity index (χ0) is 12.1. The van der Waals surface area contributed by atoms with Gasteiger partial charge in [-0.05, 0) is 44.4 Å². The van der Waals surface area contributed by atoms with Crippen molar-refractivity contribution in [3.63, 3.8) is 0 Å². The van der Waals surface area contributed by atoms with Crippen molar-refractivity contribution in [2.75, 3.05) is 6.54 Å². The zero-order valence-corrected chi connectivity index (χ0v) is 10.7. The van der Waals surface area contributed by atoms with Gasteiger partial charge in [0.05, 0.1) is 6.10 Å². The van der Waals surface area contributed by atoms with E-state index in [0.717, 1.165) is 32.2 Å². The zero-order valence-electron chi connectivity index (χ0n) is 10.7. The van der Waals surface area contributed by atoms with Crippen molar-refractivity contribution in [3.05, 3.63) is 0 Å². The summed E-state index contributed by atoms with van der Waals surface area (Å²) in [5, 5.41) is 12.5. The van der Waals surface area contributed by atoms with Crippen LogP contribution in [0, 0.1) is 11.8 Å². The number of hydrogen-bond donors (Lipinski definition) is 2. The van der Waals surface area contributed by atoms with Gasteiger partial charge in [0.1, 0.15) is 0 Å². The number of carbonyl (C=O) groups is 1. The van der Waals surface area contributed by atoms with E-state index < -0.39 is 0 Å². The molecular weight excluding hydrogens is 214 g/mol. The van der Waals surface area contributed by atoms with Crippen LogP contribution < -0.4 is 5.32 Å². The number of nitrogens with one attached hydrogen (secondary N) is 1. The second-order valence-electron chi connectivity index (χ2n) is 5.75. The highest BCUT2D eigenvalue weighted by molar-refractivity contribution is 5.78. The molecule has 0 aromatic carbocycles. The van der Waals surface area contributed by atoms with Crippen molar-refractivity contribution in [3.8, 4) is 0 Å². The lowest BCUT2D eigenvalue weighted by Gasteiger charge is -2.26. The molecule has 2 aliphatic rings. The molecule has 2 fully saturated rings. The summed E-state index contributed by atoms with van der Waals surface area (Å²) in [7, 11) is 0. The molecule has 0 radical (unpaired) electrons. The quantitative estimate of drug-likeness (QED) is 0.793. The molecule has 2 N–H and O–H groups in total. The van der Waals surface area contributed by atoms with Crippen LogP contribution in [0.3, 0.4) is 0 Å². The smallest absolute Gasteiger partial charge is 0.223 e. The van der Waals surface area contributed by atoms with Gasteiger partial charge in [-0.2, -0.15) is 0 Å². The van der Waals surface area contributed by atoms with E-state index in [2.05, 4.69) is 5.32 Å². The maximum absolute atomic E-state index is 12.0. The normalized spacial score (nSPS) is 31.1. The minimum absolute atomic E-state index is 0.155. The van der Waals surface area contributed by atoms with Crippen molar-refractivity contribution in [2.24, 2.45) is 11.8 Å². The van der Waals surface area contributed by atoms with E-state index in [9.17, 15) is 9.90 Å². The van der Waals surface area contributed by atoms with Crippen molar-refractivity contribution < 1.29 is 9.90 Å². The molecule has 0 saturated heterocycles. The Labute approximate surface area is 104 Å². The Morgan fingerprint density at radius 2 is 1.65 bits per heavy atom. The van der Waals surface area contributed by atoms with Gasteiger partial charge in [-0.3, -0.25) is 4.79 Å². The van der Waals surface area contributed by atoms with E-state index in [1.165, 1.54) is 32.1 Å². The molecule has 0 unspecified atom stereocenters. The highest BCUT2D eigenvalue weighted by Gasteiger charge is 2.25. The van der Waals surface area contributed by atoms with Gasteiger partial charge in [0.15, 0.2) is 0 Å². The van der Waals surface area contributed by atoms with Crippen molar-refractivity contribution >= 4 is 5.91 Å². The first-order valence-electron chi connectivity index (χ1n) is 7.21. The van der Waals surface area contributed by atoms with Gasteiger partial charge >= 0.3 is 0 Å². The van der Waals surface area contributed by atoms with E-state index in [1.54, 1.807) is 0 Å². The monoisotopic (exact) mass is 239 g/mol. The number of hydrogen-bond acceptors (Lipinski definition) is 2. The Bertz CT molecular complexity index is 241. The number of rotatable bonds is 3. The number of aliphatic hydroxyl groups excluding tert-OH is 1. The third kappa shape index (κ3) is 3.98. The largest absolute Gasteiger partial charge is 0.393 e. The molecule has 1 amide bonds. The average Bonchev–Trinajstić information content (AvgIpc) is 2.38. The summed E-state index contributed by atoms with van der Waals surface area (Å²) in [6.07, 6.45) is 9.72. The highest BCUT2D eigenvalue weighted by Crippen LogP contribution is 2.25. The summed E-state index contributed by atoms with van der Waals surface area (Å²) in [6.45, 7) is 0.873. The highest BCUT2D eigenvalue weighted by atomic mass is 16.3. The second-order valence-corrected chi connectivity index (χ2v) is 5.75. The molecule has 2 saturated carbocycles. The molecule has 3 nitrogen and oxygen atoms in total. The van der Waals surface area contributed by atoms with Crippen LogP contribution >= 0.6 is 0 Å². The van der Waals surface area contributed by atoms with Crippen LogP contribution in [0.5, 0.6) is 0 Å². The molecule has 0 bridgehead atoms. The lowest BCUT2D eigenvalue weighted by molar-refractivity contribution is -0.126. The van der Waals surface area contributed by atoms with Crippen LogP contribution in [0.4, 0.5) is 0 Å². The predicted molar refractivity (Wildman–Crippen MR) is 67.5 cm³/mol. The lowest BCUT2D eigenvalue weighted by Crippen LogP contribution is -2.37. The molecule has 0 aromatic heterocycles. The van der Waals surface area contributed by atoms with E-state index in [1.807, 2.05) is 0 Å². The van der Waals surface area contributed by atoms with Gasteiger partial charge in [-0.25, -0.2) is 0 Å². The molecule has 0 aromatic rings. The first kappa shape index (κ1) is 12.9. The standard InChI is InChI=1S/C14H25NO2/c16-13-8-6-12(7-9-13)14(17)15-10-11-4-2-1-3-5-11/h11-13,16H,1-10H2,(H,15,17). The molecule has 17 heavy (non-hydrogen) atoms. The fourth-order valence-electron chi connectivity index (χ4n) is 3.12. The van der Waals surface area contributed by atoms with Crippen molar-refractivity contribution in [1.29, 1.82) is 0 Å². The fraction of sp³-hybridized carbons (Fsp3) is 0.929. The maximum atomic E-state index is 12.0. The molecule has 0 atom stereocenters. The summed E-state index contributed by atoms with van der Waals surface area (Å²) < 4.78 is 0. The summed E-state index contributed by atoms with van der Waals surface area (Å²) >= 11 is 0. The van der Waals surface area contributed by atoms with Crippen LogP contribution in [0.15, 0.2) is 0 Å². The molecule has 3 heteroatoms. The molecule has 0 spiro atoms. The second kappa shape index (κ2) is 6.39. The van der Waals surface area contributed by atoms with Crippen molar-refractivity contribution in [1.82, 2.24) is 5.32 Å². The van der Waals surface area contributed by atoms with E-state index in [4.69, 9.17) is 0 Å². The van der Waals surface area contributed by atoms with Crippen molar-refractivity contribution in [2.45, 2.75) is 63.9 Å². The Morgan fingerprint density at radius 1 is 1.00 bits per heavy atom. The van der Waals surface area contributed by atoms with Crippen LogP contribution in [-0.2, 0) is 4.79 Å². The summed E-state index contributed by atoms with van der Waals surface area (Å²) in [5.74, 6) is 1.09. The molecular formula is C14H25NO2. The Kier molecular flexibility index (Phi) is 4.84. The molecule has 2 aliphatic carbocycles. The van der Waals surface area contributed by atoms with E-state index >= 15 is 0 Å². The lowest BCUT2D eigenvalue weighted by atomic mass is 9.86. The summed E-state index contributed by atoms with van der Waals surface area (Å²) in [6, 6.07) is 0. The van der Waals surface area contributed by atoms with Gasteiger partial charge < -0.3 is 10.4 Å². The van der Waals surface area contributed by atoms with E-state index in [0.29, 0.717) is 5.92 Å². The van der Waals surface area contributed by atoms with Gasteiger partial charge in [-0.1, -0.05) is 19.3 Å². The minimum atomic E-state index is -0.169. The first-order valence-corrected chi connectivity index (χ1v) is 7.21. The van der Waals surface area contributed by atoms with Crippen LogP contribution in [-0.4, -0.2) is 23.7 Å². The Hall–Kier alpha value is -0.570. The topological polar surface area (TPSA) is 49.3 Å². The van der Waals surface area contributed by atoms with Crippen LogP contribution in [0.25, 0.3) is 0 Å². The summed E-state index contributed by atoms with van der Waals surface area (Å²) in [4.78, 5) is 12.0. The van der Waals surface area contributed by atoms with E-state index in [-0.39, 0.29) is 17.9 Å². The average molecular weight is 239 g/mol. The third-order valence-corrected chi connectivity index (χ3v) is 4.36. The van der Waals surface area contributed by atoms with Crippen LogP contribution in [0.1, 0.15) is 57.8 Å². The van der Waals surface area contributed by atoms with Gasteiger partial charge in [0, 0.05) is 12.5 Å². The molecule has 0 heterocycles. The molecule has 98 valence electrons. The first-order chi connectivity index (χ1) is 8.25. The predicted octanol–water partition coefficient (Wildman–Crippen LogP) is 2.23. The number of amides is 1. The SMILES string of the molecule is O=C(NCC1CCCCC1)C1CCC(O)CC1. The van der Waals surface area contributed by atoms with Gasteiger partial charge in [0.2, 0.25) is 5.91 Å².